The molecule has 2 heterocycles. The first-order chi connectivity index (χ1) is 13.5. The van der Waals surface area contributed by atoms with Gasteiger partial charge in [-0.05, 0) is 26.7 Å². The van der Waals surface area contributed by atoms with Crippen LogP contribution in [0.2, 0.25) is 0 Å². The first-order valence-electron chi connectivity index (χ1n) is 10.8. The van der Waals surface area contributed by atoms with Gasteiger partial charge >= 0.3 is 0 Å². The van der Waals surface area contributed by atoms with Crippen LogP contribution in [0.1, 0.15) is 27.7 Å². The number of carbonyl (C=O) groups excluding carboxylic acids is 1. The lowest BCUT2D eigenvalue weighted by atomic mass is 10.1. The molecule has 2 saturated heterocycles. The van der Waals surface area contributed by atoms with E-state index in [-0.39, 0.29) is 11.9 Å². The fourth-order valence-corrected chi connectivity index (χ4v) is 3.64. The summed E-state index contributed by atoms with van der Waals surface area (Å²) in [6.07, 6.45) is 0. The van der Waals surface area contributed by atoms with Gasteiger partial charge in [-0.3, -0.25) is 19.6 Å². The second kappa shape index (κ2) is 12.2. The second-order valence-corrected chi connectivity index (χ2v) is 8.20. The third kappa shape index (κ3) is 8.32. The van der Waals surface area contributed by atoms with Crippen molar-refractivity contribution >= 4 is 11.9 Å². The lowest BCUT2D eigenvalue weighted by Gasteiger charge is -2.36. The summed E-state index contributed by atoms with van der Waals surface area (Å²) < 4.78 is 5.43. The Morgan fingerprint density at radius 3 is 2.32 bits per heavy atom. The van der Waals surface area contributed by atoms with Crippen molar-refractivity contribution in [3.63, 3.8) is 0 Å². The van der Waals surface area contributed by atoms with Gasteiger partial charge in [0, 0.05) is 64.9 Å². The maximum absolute atomic E-state index is 12.0. The smallest absolute Gasteiger partial charge is 0.234 e. The van der Waals surface area contributed by atoms with Crippen LogP contribution in [0.5, 0.6) is 0 Å². The number of nitrogens with one attached hydrogen (secondary N) is 2. The van der Waals surface area contributed by atoms with Crippen LogP contribution >= 0.6 is 0 Å². The Morgan fingerprint density at radius 2 is 1.71 bits per heavy atom. The molecule has 2 aliphatic rings. The van der Waals surface area contributed by atoms with E-state index in [1.165, 1.54) is 0 Å². The summed E-state index contributed by atoms with van der Waals surface area (Å²) in [5, 5.41) is 6.41. The zero-order valence-electron chi connectivity index (χ0n) is 18.2. The quantitative estimate of drug-likeness (QED) is 0.447. The van der Waals surface area contributed by atoms with Crippen molar-refractivity contribution < 1.29 is 9.53 Å². The molecule has 1 unspecified atom stereocenters. The van der Waals surface area contributed by atoms with Crippen LogP contribution in [0.4, 0.5) is 0 Å². The lowest BCUT2D eigenvalue weighted by molar-refractivity contribution is -0.123. The van der Waals surface area contributed by atoms with Gasteiger partial charge in [-0.15, -0.1) is 0 Å². The van der Waals surface area contributed by atoms with E-state index < -0.39 is 0 Å². The third-order valence-electron chi connectivity index (χ3n) is 5.05. The molecule has 2 fully saturated rings. The van der Waals surface area contributed by atoms with Crippen LogP contribution in [-0.4, -0.2) is 111 Å². The van der Waals surface area contributed by atoms with E-state index in [0.717, 1.165) is 78.1 Å². The van der Waals surface area contributed by atoms with Gasteiger partial charge in [0.2, 0.25) is 5.91 Å². The predicted molar refractivity (Wildman–Crippen MR) is 114 cm³/mol. The van der Waals surface area contributed by atoms with Crippen LogP contribution in [0.15, 0.2) is 4.99 Å². The Kier molecular flexibility index (Phi) is 10.0. The summed E-state index contributed by atoms with van der Waals surface area (Å²) >= 11 is 0. The fourth-order valence-electron chi connectivity index (χ4n) is 3.64. The highest BCUT2D eigenvalue weighted by Crippen LogP contribution is 2.06. The van der Waals surface area contributed by atoms with Gasteiger partial charge in [0.25, 0.3) is 0 Å². The van der Waals surface area contributed by atoms with Crippen LogP contribution in [0.25, 0.3) is 0 Å². The Morgan fingerprint density at radius 1 is 1.04 bits per heavy atom. The van der Waals surface area contributed by atoms with Gasteiger partial charge in [0.1, 0.15) is 0 Å². The summed E-state index contributed by atoms with van der Waals surface area (Å²) in [7, 11) is 0. The highest BCUT2D eigenvalue weighted by Gasteiger charge is 2.21. The minimum Gasteiger partial charge on any atom is -0.379 e. The molecule has 28 heavy (non-hydrogen) atoms. The number of guanidine groups is 1. The number of morpholine rings is 1. The zero-order chi connectivity index (χ0) is 20.4. The summed E-state index contributed by atoms with van der Waals surface area (Å²) in [5.41, 5.74) is 0. The molecule has 8 nitrogen and oxygen atoms in total. The van der Waals surface area contributed by atoms with Crippen molar-refractivity contribution in [1.82, 2.24) is 25.3 Å². The van der Waals surface area contributed by atoms with Gasteiger partial charge in [-0.2, -0.15) is 0 Å². The van der Waals surface area contributed by atoms with Gasteiger partial charge in [-0.25, -0.2) is 0 Å². The minimum atomic E-state index is 0.112. The van der Waals surface area contributed by atoms with Crippen molar-refractivity contribution in [3.05, 3.63) is 0 Å². The second-order valence-electron chi connectivity index (χ2n) is 8.20. The van der Waals surface area contributed by atoms with Crippen LogP contribution in [0, 0.1) is 5.92 Å². The van der Waals surface area contributed by atoms with E-state index in [4.69, 9.17) is 9.73 Å². The zero-order valence-corrected chi connectivity index (χ0v) is 18.2. The molecule has 0 aromatic heterocycles. The van der Waals surface area contributed by atoms with Crippen molar-refractivity contribution in [1.29, 1.82) is 0 Å². The van der Waals surface area contributed by atoms with E-state index >= 15 is 0 Å². The van der Waals surface area contributed by atoms with E-state index in [9.17, 15) is 4.79 Å². The fraction of sp³-hybridized carbons (Fsp3) is 0.900. The molecule has 2 rings (SSSR count). The van der Waals surface area contributed by atoms with Crippen LogP contribution in [0.3, 0.4) is 0 Å². The van der Waals surface area contributed by atoms with Crippen molar-refractivity contribution in [2.45, 2.75) is 33.7 Å². The highest BCUT2D eigenvalue weighted by atomic mass is 16.5. The maximum atomic E-state index is 12.0. The summed E-state index contributed by atoms with van der Waals surface area (Å²) in [4.78, 5) is 23.9. The molecular formula is C20H40N6O2. The first kappa shape index (κ1) is 22.9. The number of amides is 1. The molecule has 0 aromatic carbocycles. The molecule has 0 radical (unpaired) electrons. The molecule has 0 saturated carbocycles. The van der Waals surface area contributed by atoms with Crippen molar-refractivity contribution in [3.8, 4) is 0 Å². The number of nitrogens with zero attached hydrogens (tertiary/aromatic N) is 4. The molecule has 0 aromatic rings. The Hall–Kier alpha value is -1.38. The summed E-state index contributed by atoms with van der Waals surface area (Å²) in [6.45, 7) is 19.0. The Bertz CT molecular complexity index is 485. The average Bonchev–Trinajstić information content (AvgIpc) is 2.66. The van der Waals surface area contributed by atoms with Crippen LogP contribution < -0.4 is 10.6 Å². The minimum absolute atomic E-state index is 0.112. The van der Waals surface area contributed by atoms with E-state index in [1.54, 1.807) is 0 Å². The number of carbonyl (C=O) groups is 1. The number of hydrogen-bond donors (Lipinski definition) is 2. The molecule has 0 bridgehead atoms. The van der Waals surface area contributed by atoms with Gasteiger partial charge in [-0.1, -0.05) is 6.92 Å². The molecule has 8 heteroatoms. The Labute approximate surface area is 170 Å². The normalized spacial score (nSPS) is 21.0. The van der Waals surface area contributed by atoms with Crippen molar-refractivity contribution in [2.24, 2.45) is 10.9 Å². The predicted octanol–water partition coefficient (Wildman–Crippen LogP) is 0.0624. The van der Waals surface area contributed by atoms with Gasteiger partial charge in [0.15, 0.2) is 5.96 Å². The summed E-state index contributed by atoms with van der Waals surface area (Å²) in [6, 6.07) is 0.195. The average molecular weight is 397 g/mol. The molecule has 1 atom stereocenters. The number of ether oxygens (including phenoxy) is 1. The standard InChI is InChI=1S/C20H40N6O2/c1-5-21-20(22-14-18(4)15-25-10-12-28-13-11-25)26-8-6-24(7-9-26)16-19(27)23-17(2)3/h17-18H,5-16H2,1-4H3,(H,21,22)(H,23,27). The molecule has 2 aliphatic heterocycles. The molecule has 0 spiro atoms. The van der Waals surface area contributed by atoms with Gasteiger partial charge < -0.3 is 20.3 Å². The highest BCUT2D eigenvalue weighted by molar-refractivity contribution is 5.80. The third-order valence-corrected chi connectivity index (χ3v) is 5.05. The molecular weight excluding hydrogens is 356 g/mol. The molecule has 2 N–H and O–H groups in total. The van der Waals surface area contributed by atoms with Crippen molar-refractivity contribution in [2.75, 3.05) is 78.7 Å². The molecule has 162 valence electrons. The SMILES string of the molecule is CCNC(=NCC(C)CN1CCOCC1)N1CCN(CC(=O)NC(C)C)CC1. The Balaban J connectivity index is 1.77. The van der Waals surface area contributed by atoms with E-state index in [1.807, 2.05) is 13.8 Å². The van der Waals surface area contributed by atoms with E-state index in [0.29, 0.717) is 12.5 Å². The molecule has 0 aliphatic carbocycles. The summed E-state index contributed by atoms with van der Waals surface area (Å²) in [5.74, 6) is 1.64. The van der Waals surface area contributed by atoms with E-state index in [2.05, 4.69) is 39.2 Å². The monoisotopic (exact) mass is 396 g/mol. The number of rotatable bonds is 8. The first-order valence-corrected chi connectivity index (χ1v) is 10.8. The number of piperazine rings is 1. The number of aliphatic imine (C=N–C) groups is 1. The number of hydrogen-bond acceptors (Lipinski definition) is 5. The largest absolute Gasteiger partial charge is 0.379 e. The topological polar surface area (TPSA) is 72.4 Å². The van der Waals surface area contributed by atoms with Crippen LogP contribution in [-0.2, 0) is 9.53 Å². The molecule has 1 amide bonds. The lowest BCUT2D eigenvalue weighted by Crippen LogP contribution is -2.54. The van der Waals surface area contributed by atoms with Gasteiger partial charge in [0.05, 0.1) is 19.8 Å². The maximum Gasteiger partial charge on any atom is 0.234 e.